The molecule has 0 bridgehead atoms. The maximum Gasteiger partial charge on any atom is 0.274 e. The van der Waals surface area contributed by atoms with Crippen molar-refractivity contribution in [2.45, 2.75) is 12.5 Å². The predicted octanol–water partition coefficient (Wildman–Crippen LogP) is 5.22. The van der Waals surface area contributed by atoms with Gasteiger partial charge in [0.2, 0.25) is 0 Å². The SMILES string of the molecule is COc1ccc(C2CC(c3ccc(Br)cc3)=NN2C(=O)c2ccc3c(c2)OCCO3)cc1. The number of rotatable bonds is 4. The predicted molar refractivity (Wildman–Crippen MR) is 125 cm³/mol. The van der Waals surface area contributed by atoms with Crippen molar-refractivity contribution in [3.8, 4) is 17.2 Å². The highest BCUT2D eigenvalue weighted by Crippen LogP contribution is 2.37. The van der Waals surface area contributed by atoms with Crippen molar-refractivity contribution in [3.63, 3.8) is 0 Å². The number of methoxy groups -OCH3 is 1. The first-order chi connectivity index (χ1) is 15.6. The van der Waals surface area contributed by atoms with Gasteiger partial charge in [0.25, 0.3) is 5.91 Å². The van der Waals surface area contributed by atoms with Gasteiger partial charge in [0, 0.05) is 16.5 Å². The highest BCUT2D eigenvalue weighted by Gasteiger charge is 2.34. The van der Waals surface area contributed by atoms with Gasteiger partial charge in [-0.2, -0.15) is 5.10 Å². The van der Waals surface area contributed by atoms with Crippen LogP contribution in [0.2, 0.25) is 0 Å². The number of carbonyl (C=O) groups is 1. The second-order valence-corrected chi connectivity index (χ2v) is 8.47. The van der Waals surface area contributed by atoms with Crippen molar-refractivity contribution >= 4 is 27.5 Å². The summed E-state index contributed by atoms with van der Waals surface area (Å²) in [6.07, 6.45) is 0.615. The summed E-state index contributed by atoms with van der Waals surface area (Å²) in [6, 6.07) is 20.8. The van der Waals surface area contributed by atoms with E-state index in [-0.39, 0.29) is 11.9 Å². The largest absolute Gasteiger partial charge is 0.497 e. The first kappa shape index (κ1) is 20.6. The van der Waals surface area contributed by atoms with Crippen LogP contribution in [0.15, 0.2) is 76.3 Å². The van der Waals surface area contributed by atoms with Crippen LogP contribution in [0.1, 0.15) is 33.9 Å². The minimum absolute atomic E-state index is 0.185. The number of fused-ring (bicyclic) bond motifs is 1. The first-order valence-corrected chi connectivity index (χ1v) is 11.1. The molecule has 0 fully saturated rings. The van der Waals surface area contributed by atoms with Gasteiger partial charge in [0.1, 0.15) is 19.0 Å². The van der Waals surface area contributed by atoms with Crippen LogP contribution in [0.25, 0.3) is 0 Å². The summed E-state index contributed by atoms with van der Waals surface area (Å²) in [5.41, 5.74) is 3.36. The molecule has 5 rings (SSSR count). The minimum Gasteiger partial charge on any atom is -0.497 e. The zero-order valence-electron chi connectivity index (χ0n) is 17.5. The van der Waals surface area contributed by atoms with Gasteiger partial charge in [-0.3, -0.25) is 4.79 Å². The molecule has 2 aliphatic rings. The second kappa shape index (κ2) is 8.67. The molecule has 1 atom stereocenters. The lowest BCUT2D eigenvalue weighted by molar-refractivity contribution is 0.0710. The number of hydrazone groups is 1. The standard InChI is InChI=1S/C25H21BrN2O4/c1-30-20-9-4-17(5-10-20)22-15-21(16-2-7-19(26)8-3-16)27-28(22)25(29)18-6-11-23-24(14-18)32-13-12-31-23/h2-11,14,22H,12-13,15H2,1H3. The summed E-state index contributed by atoms with van der Waals surface area (Å²) < 4.78 is 17.5. The molecule has 2 heterocycles. The number of nitrogens with zero attached hydrogens (tertiary/aromatic N) is 2. The average Bonchev–Trinajstić information content (AvgIpc) is 3.29. The number of benzene rings is 3. The van der Waals surface area contributed by atoms with Crippen molar-refractivity contribution in [2.75, 3.05) is 20.3 Å². The molecule has 0 saturated carbocycles. The highest BCUT2D eigenvalue weighted by atomic mass is 79.9. The molecule has 6 nitrogen and oxygen atoms in total. The number of hydrogen-bond donors (Lipinski definition) is 0. The Morgan fingerprint density at radius 2 is 1.72 bits per heavy atom. The van der Waals surface area contributed by atoms with E-state index in [1.165, 1.54) is 0 Å². The van der Waals surface area contributed by atoms with Crippen LogP contribution in [0, 0.1) is 0 Å². The molecule has 3 aromatic rings. The summed E-state index contributed by atoms with van der Waals surface area (Å²) >= 11 is 3.47. The van der Waals surface area contributed by atoms with Gasteiger partial charge in [-0.15, -0.1) is 0 Å². The quantitative estimate of drug-likeness (QED) is 0.500. The third kappa shape index (κ3) is 3.96. The monoisotopic (exact) mass is 492 g/mol. The van der Waals surface area contributed by atoms with E-state index in [9.17, 15) is 4.79 Å². The molecule has 1 amide bonds. The third-order valence-electron chi connectivity index (χ3n) is 5.59. The fourth-order valence-electron chi connectivity index (χ4n) is 3.91. The molecule has 32 heavy (non-hydrogen) atoms. The van der Waals surface area contributed by atoms with E-state index in [2.05, 4.69) is 15.9 Å². The fraction of sp³-hybridized carbons (Fsp3) is 0.200. The lowest BCUT2D eigenvalue weighted by Crippen LogP contribution is -2.27. The van der Waals surface area contributed by atoms with Crippen LogP contribution in [-0.2, 0) is 0 Å². The molecule has 0 saturated heterocycles. The van der Waals surface area contributed by atoms with Crippen LogP contribution in [-0.4, -0.2) is 37.0 Å². The Labute approximate surface area is 194 Å². The Morgan fingerprint density at radius 3 is 2.44 bits per heavy atom. The van der Waals surface area contributed by atoms with E-state index in [1.54, 1.807) is 30.3 Å². The summed E-state index contributed by atoms with van der Waals surface area (Å²) in [5, 5.41) is 6.33. The van der Waals surface area contributed by atoms with Gasteiger partial charge in [0.05, 0.1) is 18.9 Å². The van der Waals surface area contributed by atoms with E-state index in [0.29, 0.717) is 36.7 Å². The molecular formula is C25H21BrN2O4. The number of carbonyl (C=O) groups excluding carboxylic acids is 1. The normalized spacial score (nSPS) is 17.1. The third-order valence-corrected chi connectivity index (χ3v) is 6.11. The Kier molecular flexibility index (Phi) is 5.57. The second-order valence-electron chi connectivity index (χ2n) is 7.55. The molecular weight excluding hydrogens is 472 g/mol. The number of hydrogen-bond acceptors (Lipinski definition) is 5. The number of amides is 1. The smallest absolute Gasteiger partial charge is 0.274 e. The maximum absolute atomic E-state index is 13.6. The van der Waals surface area contributed by atoms with E-state index >= 15 is 0 Å². The molecule has 162 valence electrons. The average molecular weight is 493 g/mol. The van der Waals surface area contributed by atoms with Gasteiger partial charge >= 0.3 is 0 Å². The Balaban J connectivity index is 1.51. The van der Waals surface area contributed by atoms with Crippen molar-refractivity contribution in [1.29, 1.82) is 0 Å². The molecule has 0 N–H and O–H groups in total. The summed E-state index contributed by atoms with van der Waals surface area (Å²) in [5.74, 6) is 1.82. The zero-order chi connectivity index (χ0) is 22.1. The van der Waals surface area contributed by atoms with Crippen LogP contribution < -0.4 is 14.2 Å². The van der Waals surface area contributed by atoms with Crippen LogP contribution in [0.3, 0.4) is 0 Å². The Hall–Kier alpha value is -3.32. The first-order valence-electron chi connectivity index (χ1n) is 10.3. The molecule has 3 aromatic carbocycles. The summed E-state index contributed by atoms with van der Waals surface area (Å²) in [7, 11) is 1.64. The van der Waals surface area contributed by atoms with Gasteiger partial charge in [-0.1, -0.05) is 40.2 Å². The van der Waals surface area contributed by atoms with Crippen LogP contribution in [0.5, 0.6) is 17.2 Å². The van der Waals surface area contributed by atoms with Crippen molar-refractivity contribution in [3.05, 3.63) is 87.9 Å². The van der Waals surface area contributed by atoms with E-state index < -0.39 is 0 Å². The van der Waals surface area contributed by atoms with E-state index in [1.807, 2.05) is 48.5 Å². The van der Waals surface area contributed by atoms with Crippen LogP contribution in [0.4, 0.5) is 0 Å². The van der Waals surface area contributed by atoms with Crippen molar-refractivity contribution < 1.29 is 19.0 Å². The lowest BCUT2D eigenvalue weighted by Gasteiger charge is -2.23. The van der Waals surface area contributed by atoms with Crippen molar-refractivity contribution in [1.82, 2.24) is 5.01 Å². The van der Waals surface area contributed by atoms with Gasteiger partial charge in [0.15, 0.2) is 11.5 Å². The number of halogens is 1. The Bertz CT molecular complexity index is 1180. The molecule has 1 unspecified atom stereocenters. The molecule has 0 aromatic heterocycles. The minimum atomic E-state index is -0.222. The van der Waals surface area contributed by atoms with Crippen LogP contribution >= 0.6 is 15.9 Å². The highest BCUT2D eigenvalue weighted by molar-refractivity contribution is 9.10. The van der Waals surface area contributed by atoms with Crippen molar-refractivity contribution in [2.24, 2.45) is 5.10 Å². The maximum atomic E-state index is 13.6. The lowest BCUT2D eigenvalue weighted by atomic mass is 9.98. The molecule has 7 heteroatoms. The van der Waals surface area contributed by atoms with Gasteiger partial charge < -0.3 is 14.2 Å². The van der Waals surface area contributed by atoms with E-state index in [0.717, 1.165) is 27.1 Å². The topological polar surface area (TPSA) is 60.4 Å². The summed E-state index contributed by atoms with van der Waals surface area (Å²) in [6.45, 7) is 0.974. The molecule has 0 aliphatic carbocycles. The van der Waals surface area contributed by atoms with Gasteiger partial charge in [-0.25, -0.2) is 5.01 Å². The molecule has 0 spiro atoms. The summed E-state index contributed by atoms with van der Waals surface area (Å²) in [4.78, 5) is 13.6. The van der Waals surface area contributed by atoms with Gasteiger partial charge in [-0.05, 0) is 53.6 Å². The van der Waals surface area contributed by atoms with E-state index in [4.69, 9.17) is 19.3 Å². The number of ether oxygens (including phenoxy) is 3. The fourth-order valence-corrected chi connectivity index (χ4v) is 4.17. The molecule has 0 radical (unpaired) electrons. The Morgan fingerprint density at radius 1 is 1.00 bits per heavy atom. The zero-order valence-corrected chi connectivity index (χ0v) is 19.0. The molecule has 2 aliphatic heterocycles.